The van der Waals surface area contributed by atoms with Crippen LogP contribution in [0.15, 0.2) is 0 Å². The van der Waals surface area contributed by atoms with E-state index in [0.717, 1.165) is 53.9 Å². The lowest BCUT2D eigenvalue weighted by atomic mass is 9.95. The van der Waals surface area contributed by atoms with Gasteiger partial charge in [0.05, 0.1) is 19.3 Å². The van der Waals surface area contributed by atoms with Crippen molar-refractivity contribution in [1.29, 1.82) is 0 Å². The normalized spacial score (nSPS) is 25.5. The van der Waals surface area contributed by atoms with Crippen molar-refractivity contribution in [3.8, 4) is 0 Å². The smallest absolute Gasteiger partial charge is 0.225 e. The summed E-state index contributed by atoms with van der Waals surface area (Å²) in [7, 11) is 0. The fraction of sp³-hybridized carbons (Fsp3) is 0.722. The highest BCUT2D eigenvalue weighted by Crippen LogP contribution is 2.38. The monoisotopic (exact) mass is 408 g/mol. The van der Waals surface area contributed by atoms with Crippen LogP contribution in [0.5, 0.6) is 0 Å². The Bertz CT molecular complexity index is 800. The van der Waals surface area contributed by atoms with E-state index in [1.807, 2.05) is 0 Å². The number of piperidine rings is 1. The maximum absolute atomic E-state index is 6.26. The minimum atomic E-state index is 0.301. The molecule has 3 saturated heterocycles. The summed E-state index contributed by atoms with van der Waals surface area (Å²) in [6, 6.07) is 0.813. The first-order chi connectivity index (χ1) is 13.3. The number of rotatable bonds is 4. The molecule has 0 radical (unpaired) electrons. The topological polar surface area (TPSA) is 66.4 Å². The van der Waals surface area contributed by atoms with Crippen molar-refractivity contribution in [1.82, 2.24) is 25.2 Å². The van der Waals surface area contributed by atoms with Crippen LogP contribution >= 0.6 is 22.9 Å². The SMILES string of the molecule is Clc1nc(N2CCOCC2)c2nc(C(C3CCN3)N3CCCCC3)sc2n1. The third kappa shape index (κ3) is 3.53. The van der Waals surface area contributed by atoms with Crippen LogP contribution in [0.2, 0.25) is 5.28 Å². The number of anilines is 1. The van der Waals surface area contributed by atoms with Crippen LogP contribution in [0.25, 0.3) is 10.3 Å². The fourth-order valence-electron chi connectivity index (χ4n) is 4.28. The average Bonchev–Trinajstić information content (AvgIpc) is 3.08. The number of aromatic nitrogens is 3. The van der Waals surface area contributed by atoms with Crippen molar-refractivity contribution in [2.45, 2.75) is 37.8 Å². The molecule has 0 spiro atoms. The number of thiazole rings is 1. The number of nitrogens with one attached hydrogen (secondary N) is 1. The quantitative estimate of drug-likeness (QED) is 0.779. The summed E-state index contributed by atoms with van der Waals surface area (Å²) in [6.07, 6.45) is 5.10. The molecule has 146 valence electrons. The second-order valence-electron chi connectivity index (χ2n) is 7.51. The maximum Gasteiger partial charge on any atom is 0.225 e. The number of ether oxygens (including phenoxy) is 1. The lowest BCUT2D eigenvalue weighted by Gasteiger charge is -2.42. The summed E-state index contributed by atoms with van der Waals surface area (Å²) in [5.74, 6) is 0.856. The molecule has 0 saturated carbocycles. The van der Waals surface area contributed by atoms with Gasteiger partial charge in [0.1, 0.15) is 10.5 Å². The molecule has 3 aliphatic heterocycles. The van der Waals surface area contributed by atoms with Gasteiger partial charge < -0.3 is 15.0 Å². The molecule has 3 fully saturated rings. The van der Waals surface area contributed by atoms with Crippen LogP contribution in [0.1, 0.15) is 36.7 Å². The number of fused-ring (bicyclic) bond motifs is 1. The standard InChI is InChI=1S/C18H25ClN6OS/c19-18-22-15(25-8-10-26-11-9-25)13-16(23-18)27-17(21-13)14(12-4-5-20-12)24-6-2-1-3-7-24/h12,14,20H,1-11H2. The van der Waals surface area contributed by atoms with E-state index < -0.39 is 0 Å². The minimum Gasteiger partial charge on any atom is -0.378 e. The van der Waals surface area contributed by atoms with E-state index in [2.05, 4.69) is 25.1 Å². The molecule has 27 heavy (non-hydrogen) atoms. The first kappa shape index (κ1) is 18.0. The Balaban J connectivity index is 1.53. The molecule has 5 rings (SSSR count). The van der Waals surface area contributed by atoms with Crippen LogP contribution in [-0.4, -0.2) is 71.8 Å². The predicted molar refractivity (Wildman–Crippen MR) is 108 cm³/mol. The number of nitrogens with zero attached hydrogens (tertiary/aromatic N) is 5. The van der Waals surface area contributed by atoms with Crippen molar-refractivity contribution in [3.05, 3.63) is 10.3 Å². The van der Waals surface area contributed by atoms with Gasteiger partial charge in [0.2, 0.25) is 5.28 Å². The zero-order valence-electron chi connectivity index (χ0n) is 15.4. The summed E-state index contributed by atoms with van der Waals surface area (Å²) in [5, 5.41) is 5.06. The van der Waals surface area contributed by atoms with Crippen LogP contribution in [-0.2, 0) is 4.74 Å². The molecular weight excluding hydrogens is 384 g/mol. The molecular formula is C18H25ClN6OS. The maximum atomic E-state index is 6.26. The van der Waals surface area contributed by atoms with E-state index in [4.69, 9.17) is 21.3 Å². The summed E-state index contributed by atoms with van der Waals surface area (Å²) in [5.41, 5.74) is 0.891. The van der Waals surface area contributed by atoms with Gasteiger partial charge >= 0.3 is 0 Å². The zero-order chi connectivity index (χ0) is 18.2. The molecule has 2 atom stereocenters. The Morgan fingerprint density at radius 3 is 2.56 bits per heavy atom. The molecule has 2 aromatic rings. The van der Waals surface area contributed by atoms with Crippen LogP contribution in [0.3, 0.4) is 0 Å². The molecule has 5 heterocycles. The van der Waals surface area contributed by atoms with E-state index in [0.29, 0.717) is 30.6 Å². The van der Waals surface area contributed by atoms with Crippen molar-refractivity contribution in [2.75, 3.05) is 50.8 Å². The highest BCUT2D eigenvalue weighted by atomic mass is 35.5. The Labute approximate surface area is 168 Å². The van der Waals surface area contributed by atoms with Gasteiger partial charge in [-0.05, 0) is 50.5 Å². The van der Waals surface area contributed by atoms with Crippen molar-refractivity contribution >= 4 is 39.1 Å². The second kappa shape index (κ2) is 7.75. The second-order valence-corrected chi connectivity index (χ2v) is 8.86. The van der Waals surface area contributed by atoms with Crippen LogP contribution < -0.4 is 10.2 Å². The molecule has 1 N–H and O–H groups in total. The number of halogens is 1. The largest absolute Gasteiger partial charge is 0.378 e. The Kier molecular flexibility index (Phi) is 5.17. The summed E-state index contributed by atoms with van der Waals surface area (Å²) >= 11 is 7.94. The van der Waals surface area contributed by atoms with Crippen molar-refractivity contribution in [3.63, 3.8) is 0 Å². The molecule has 3 aliphatic rings. The van der Waals surface area contributed by atoms with Gasteiger partial charge in [-0.3, -0.25) is 4.90 Å². The lowest BCUT2D eigenvalue weighted by molar-refractivity contribution is 0.105. The number of hydrogen-bond acceptors (Lipinski definition) is 8. The minimum absolute atomic E-state index is 0.301. The van der Waals surface area contributed by atoms with Gasteiger partial charge in [-0.2, -0.15) is 4.98 Å². The van der Waals surface area contributed by atoms with E-state index >= 15 is 0 Å². The highest BCUT2D eigenvalue weighted by Gasteiger charge is 2.36. The molecule has 0 amide bonds. The van der Waals surface area contributed by atoms with E-state index in [-0.39, 0.29) is 0 Å². The van der Waals surface area contributed by atoms with Gasteiger partial charge in [0, 0.05) is 19.1 Å². The van der Waals surface area contributed by atoms with Crippen molar-refractivity contribution < 1.29 is 4.74 Å². The summed E-state index contributed by atoms with van der Waals surface area (Å²) in [4.78, 5) is 19.8. The predicted octanol–water partition coefficient (Wildman–Crippen LogP) is 2.47. The summed E-state index contributed by atoms with van der Waals surface area (Å²) < 4.78 is 5.49. The van der Waals surface area contributed by atoms with Crippen LogP contribution in [0.4, 0.5) is 5.82 Å². The molecule has 0 aliphatic carbocycles. The summed E-state index contributed by atoms with van der Waals surface area (Å²) in [6.45, 7) is 6.46. The van der Waals surface area contributed by atoms with E-state index in [9.17, 15) is 0 Å². The molecule has 7 nitrogen and oxygen atoms in total. The number of morpholine rings is 1. The Morgan fingerprint density at radius 1 is 1.07 bits per heavy atom. The Morgan fingerprint density at radius 2 is 1.85 bits per heavy atom. The van der Waals surface area contributed by atoms with Gasteiger partial charge in [0.15, 0.2) is 10.6 Å². The van der Waals surface area contributed by atoms with E-state index in [1.54, 1.807) is 11.3 Å². The van der Waals surface area contributed by atoms with Crippen LogP contribution in [0, 0.1) is 0 Å². The molecule has 2 aromatic heterocycles. The fourth-order valence-corrected chi connectivity index (χ4v) is 5.63. The number of likely N-dealkylation sites (tertiary alicyclic amines) is 1. The zero-order valence-corrected chi connectivity index (χ0v) is 16.9. The molecule has 0 bridgehead atoms. The third-order valence-electron chi connectivity index (χ3n) is 5.82. The molecule has 0 aromatic carbocycles. The van der Waals surface area contributed by atoms with Crippen molar-refractivity contribution in [2.24, 2.45) is 0 Å². The average molecular weight is 409 g/mol. The van der Waals surface area contributed by atoms with Gasteiger partial charge in [0.25, 0.3) is 0 Å². The highest BCUT2D eigenvalue weighted by molar-refractivity contribution is 7.18. The van der Waals surface area contributed by atoms with Gasteiger partial charge in [-0.15, -0.1) is 0 Å². The van der Waals surface area contributed by atoms with Gasteiger partial charge in [-0.1, -0.05) is 17.8 Å². The third-order valence-corrected chi connectivity index (χ3v) is 7.01. The molecule has 9 heteroatoms. The Hall–Kier alpha value is -1.06. The first-order valence-corrected chi connectivity index (χ1v) is 11.1. The van der Waals surface area contributed by atoms with E-state index in [1.165, 1.54) is 25.7 Å². The van der Waals surface area contributed by atoms with Gasteiger partial charge in [-0.25, -0.2) is 9.97 Å². The lowest BCUT2D eigenvalue weighted by Crippen LogP contribution is -2.53. The first-order valence-electron chi connectivity index (χ1n) is 9.94. The molecule has 2 unspecified atom stereocenters. The number of hydrogen-bond donors (Lipinski definition) is 1.